The van der Waals surface area contributed by atoms with Crippen LogP contribution in [-0.4, -0.2) is 22.7 Å². The van der Waals surface area contributed by atoms with E-state index in [4.69, 9.17) is 0 Å². The summed E-state index contributed by atoms with van der Waals surface area (Å²) in [6.45, 7) is 0. The Labute approximate surface area is 132 Å². The Morgan fingerprint density at radius 2 is 1.86 bits per heavy atom. The Morgan fingerprint density at radius 1 is 1.14 bits per heavy atom. The van der Waals surface area contributed by atoms with Crippen LogP contribution in [0.2, 0.25) is 0 Å². The van der Waals surface area contributed by atoms with Gasteiger partial charge in [-0.05, 0) is 18.1 Å². The Bertz CT molecular complexity index is 760. The van der Waals surface area contributed by atoms with E-state index in [-0.39, 0.29) is 16.9 Å². The Kier molecular flexibility index (Phi) is 3.13. The molecule has 2 aromatic carbocycles. The van der Waals surface area contributed by atoms with E-state index in [0.717, 1.165) is 5.56 Å². The molecule has 22 heavy (non-hydrogen) atoms. The number of carbonyl (C=O) groups excluding carboxylic acids is 1. The van der Waals surface area contributed by atoms with Crippen molar-refractivity contribution in [3.63, 3.8) is 0 Å². The highest BCUT2D eigenvalue weighted by Crippen LogP contribution is 2.59. The third-order valence-electron chi connectivity index (χ3n) is 4.84. The molecular weight excluding hydrogens is 299 g/mol. The van der Waals surface area contributed by atoms with E-state index in [9.17, 15) is 14.3 Å². The van der Waals surface area contributed by atoms with E-state index in [1.807, 2.05) is 18.2 Å². The molecule has 0 bridgehead atoms. The molecule has 112 valence electrons. The van der Waals surface area contributed by atoms with Crippen LogP contribution in [0.15, 0.2) is 48.5 Å². The number of Topliss-reactive ketones (excluding diaryl/α,β-unsaturated/α-hetero) is 1. The summed E-state index contributed by atoms with van der Waals surface area (Å²) in [5, 5.41) is 10.2. The SMILES string of the molecule is O=C1c2ccccc2C[C@@]12[C@H](O)CS[C@@H]2c1ccccc1F. The van der Waals surface area contributed by atoms with E-state index in [1.54, 1.807) is 24.3 Å². The average Bonchev–Trinajstić information content (AvgIpc) is 3.01. The molecule has 0 aromatic heterocycles. The molecule has 2 aliphatic rings. The Balaban J connectivity index is 1.86. The first-order chi connectivity index (χ1) is 10.6. The first-order valence-corrected chi connectivity index (χ1v) is 8.36. The first-order valence-electron chi connectivity index (χ1n) is 7.31. The number of aliphatic hydroxyl groups excluding tert-OH is 1. The van der Waals surface area contributed by atoms with Gasteiger partial charge in [-0.2, -0.15) is 0 Å². The first kappa shape index (κ1) is 14.0. The molecule has 1 N–H and O–H groups in total. The fraction of sp³-hybridized carbons (Fsp3) is 0.278. The number of fused-ring (bicyclic) bond motifs is 1. The standard InChI is InChI=1S/C18H15FO2S/c19-14-8-4-3-7-13(14)17-18(15(20)10-22-17)9-11-5-1-2-6-12(11)16(18)21/h1-8,15,17,20H,9-10H2/t15-,17-,18-/m1/s1. The van der Waals surface area contributed by atoms with Crippen LogP contribution in [0.5, 0.6) is 0 Å². The molecule has 1 spiro atoms. The molecule has 4 rings (SSSR count). The van der Waals surface area contributed by atoms with Crippen LogP contribution in [0.25, 0.3) is 0 Å². The number of hydrogen-bond donors (Lipinski definition) is 1. The highest BCUT2D eigenvalue weighted by Gasteiger charge is 2.59. The number of aliphatic hydroxyl groups is 1. The van der Waals surface area contributed by atoms with Gasteiger partial charge in [-0.1, -0.05) is 42.5 Å². The van der Waals surface area contributed by atoms with Gasteiger partial charge in [0.25, 0.3) is 0 Å². The number of hydrogen-bond acceptors (Lipinski definition) is 3. The number of benzene rings is 2. The fourth-order valence-corrected chi connectivity index (χ4v) is 5.43. The molecule has 2 nitrogen and oxygen atoms in total. The molecular formula is C18H15FO2S. The van der Waals surface area contributed by atoms with Crippen molar-refractivity contribution in [2.75, 3.05) is 5.75 Å². The maximum atomic E-state index is 14.3. The Morgan fingerprint density at radius 3 is 2.64 bits per heavy atom. The van der Waals surface area contributed by atoms with Gasteiger partial charge >= 0.3 is 0 Å². The monoisotopic (exact) mass is 314 g/mol. The fourth-order valence-electron chi connectivity index (χ4n) is 3.74. The van der Waals surface area contributed by atoms with Gasteiger partial charge < -0.3 is 5.11 Å². The van der Waals surface area contributed by atoms with Gasteiger partial charge in [0.1, 0.15) is 5.82 Å². The number of thioether (sulfide) groups is 1. The van der Waals surface area contributed by atoms with Crippen molar-refractivity contribution in [2.45, 2.75) is 17.8 Å². The predicted octanol–water partition coefficient (Wildman–Crippen LogP) is 3.40. The topological polar surface area (TPSA) is 37.3 Å². The smallest absolute Gasteiger partial charge is 0.173 e. The summed E-state index contributed by atoms with van der Waals surface area (Å²) in [5.41, 5.74) is 1.21. The molecule has 1 heterocycles. The van der Waals surface area contributed by atoms with Gasteiger partial charge in [-0.15, -0.1) is 11.8 Å². The zero-order valence-electron chi connectivity index (χ0n) is 11.8. The van der Waals surface area contributed by atoms with Crippen LogP contribution in [0.1, 0.15) is 26.7 Å². The van der Waals surface area contributed by atoms with Crippen molar-refractivity contribution in [3.8, 4) is 0 Å². The van der Waals surface area contributed by atoms with Gasteiger partial charge in [0.05, 0.1) is 11.5 Å². The van der Waals surface area contributed by atoms with Crippen LogP contribution < -0.4 is 0 Å². The molecule has 2 aromatic rings. The molecule has 0 amide bonds. The largest absolute Gasteiger partial charge is 0.391 e. The van der Waals surface area contributed by atoms with Crippen molar-refractivity contribution in [2.24, 2.45) is 5.41 Å². The minimum Gasteiger partial charge on any atom is -0.391 e. The normalized spacial score (nSPS) is 30.0. The Hall–Kier alpha value is -1.65. The number of halogens is 1. The third kappa shape index (κ3) is 1.74. The van der Waals surface area contributed by atoms with E-state index in [1.165, 1.54) is 17.8 Å². The van der Waals surface area contributed by atoms with E-state index in [0.29, 0.717) is 23.3 Å². The van der Waals surface area contributed by atoms with Crippen LogP contribution in [0.3, 0.4) is 0 Å². The molecule has 1 aliphatic heterocycles. The van der Waals surface area contributed by atoms with Crippen molar-refractivity contribution >= 4 is 17.5 Å². The third-order valence-corrected chi connectivity index (χ3v) is 6.35. The molecule has 0 saturated carbocycles. The summed E-state index contributed by atoms with van der Waals surface area (Å²) in [6.07, 6.45) is -0.267. The number of rotatable bonds is 1. The second-order valence-electron chi connectivity index (χ2n) is 5.95. The lowest BCUT2D eigenvalue weighted by Crippen LogP contribution is -2.41. The second kappa shape index (κ2) is 4.93. The van der Waals surface area contributed by atoms with Crippen LogP contribution in [0.4, 0.5) is 4.39 Å². The van der Waals surface area contributed by atoms with Gasteiger partial charge in [-0.25, -0.2) is 4.39 Å². The zero-order chi connectivity index (χ0) is 15.3. The summed E-state index contributed by atoms with van der Waals surface area (Å²) >= 11 is 1.48. The number of carbonyl (C=O) groups is 1. The summed E-state index contributed by atoms with van der Waals surface area (Å²) in [6, 6.07) is 14.0. The average molecular weight is 314 g/mol. The van der Waals surface area contributed by atoms with Crippen LogP contribution >= 0.6 is 11.8 Å². The lowest BCUT2D eigenvalue weighted by molar-refractivity contribution is 0.0432. The molecule has 3 atom stereocenters. The molecule has 4 heteroatoms. The van der Waals surface area contributed by atoms with Crippen molar-refractivity contribution in [1.29, 1.82) is 0 Å². The quantitative estimate of drug-likeness (QED) is 0.876. The van der Waals surface area contributed by atoms with Crippen molar-refractivity contribution in [1.82, 2.24) is 0 Å². The van der Waals surface area contributed by atoms with Crippen molar-refractivity contribution < 1.29 is 14.3 Å². The van der Waals surface area contributed by atoms with Gasteiger partial charge in [0.15, 0.2) is 5.78 Å². The van der Waals surface area contributed by atoms with Gasteiger partial charge in [0.2, 0.25) is 0 Å². The minimum atomic E-state index is -0.934. The predicted molar refractivity (Wildman–Crippen MR) is 84.5 cm³/mol. The molecule has 1 saturated heterocycles. The molecule has 1 fully saturated rings. The maximum Gasteiger partial charge on any atom is 0.173 e. The molecule has 0 unspecified atom stereocenters. The summed E-state index contributed by atoms with van der Waals surface area (Å²) in [5.74, 6) is 0.102. The second-order valence-corrected chi connectivity index (χ2v) is 7.09. The van der Waals surface area contributed by atoms with Gasteiger partial charge in [-0.3, -0.25) is 4.79 Å². The molecule has 1 aliphatic carbocycles. The lowest BCUT2D eigenvalue weighted by Gasteiger charge is -2.32. The summed E-state index contributed by atoms with van der Waals surface area (Å²) < 4.78 is 14.3. The highest BCUT2D eigenvalue weighted by atomic mass is 32.2. The lowest BCUT2D eigenvalue weighted by atomic mass is 9.73. The summed E-state index contributed by atoms with van der Waals surface area (Å²) in [7, 11) is 0. The van der Waals surface area contributed by atoms with Gasteiger partial charge in [0, 0.05) is 22.1 Å². The van der Waals surface area contributed by atoms with Crippen LogP contribution in [-0.2, 0) is 6.42 Å². The maximum absolute atomic E-state index is 14.3. The van der Waals surface area contributed by atoms with E-state index in [2.05, 4.69) is 0 Å². The number of ketones is 1. The summed E-state index contributed by atoms with van der Waals surface area (Å²) in [4.78, 5) is 13.0. The van der Waals surface area contributed by atoms with Crippen LogP contribution in [0, 0.1) is 11.2 Å². The highest BCUT2D eigenvalue weighted by molar-refractivity contribution is 7.99. The van der Waals surface area contributed by atoms with E-state index < -0.39 is 11.5 Å². The molecule has 0 radical (unpaired) electrons. The van der Waals surface area contributed by atoms with E-state index >= 15 is 0 Å². The minimum absolute atomic E-state index is 0.0474. The zero-order valence-corrected chi connectivity index (χ0v) is 12.6. The van der Waals surface area contributed by atoms with Crippen molar-refractivity contribution in [3.05, 3.63) is 71.0 Å².